The van der Waals surface area contributed by atoms with E-state index in [0.717, 1.165) is 13.0 Å². The highest BCUT2D eigenvalue weighted by Gasteiger charge is 2.20. The van der Waals surface area contributed by atoms with Crippen LogP contribution in [0.4, 0.5) is 8.78 Å². The monoisotopic (exact) mass is 319 g/mol. The second-order valence-corrected chi connectivity index (χ2v) is 5.43. The lowest BCUT2D eigenvalue weighted by atomic mass is 9.92. The smallest absolute Gasteiger partial charge is 0.143 e. The molecule has 1 aromatic carbocycles. The first-order chi connectivity index (χ1) is 8.51. The predicted molar refractivity (Wildman–Crippen MR) is 74.7 cm³/mol. The van der Waals surface area contributed by atoms with Gasteiger partial charge in [-0.05, 0) is 53.4 Å². The van der Waals surface area contributed by atoms with Gasteiger partial charge in [0.15, 0.2) is 0 Å². The normalized spacial score (nSPS) is 14.6. The molecule has 1 rings (SSSR count). The fraction of sp³-hybridized carbons (Fsp3) is 0.571. The molecule has 0 bridgehead atoms. The third kappa shape index (κ3) is 3.75. The number of benzene rings is 1. The van der Waals surface area contributed by atoms with Crippen molar-refractivity contribution >= 4 is 15.9 Å². The van der Waals surface area contributed by atoms with E-state index in [-0.39, 0.29) is 17.5 Å². The minimum absolute atomic E-state index is 0.174. The molecule has 0 radical (unpaired) electrons. The van der Waals surface area contributed by atoms with E-state index in [1.54, 1.807) is 0 Å². The maximum Gasteiger partial charge on any atom is 0.143 e. The number of nitrogens with one attached hydrogen (secondary N) is 1. The molecule has 2 unspecified atom stereocenters. The fourth-order valence-electron chi connectivity index (χ4n) is 2.23. The van der Waals surface area contributed by atoms with E-state index in [1.165, 1.54) is 12.1 Å². The van der Waals surface area contributed by atoms with Crippen molar-refractivity contribution in [2.24, 2.45) is 5.92 Å². The van der Waals surface area contributed by atoms with Crippen molar-refractivity contribution in [3.63, 3.8) is 0 Å². The van der Waals surface area contributed by atoms with Crippen LogP contribution in [0, 0.1) is 17.6 Å². The van der Waals surface area contributed by atoms with Gasteiger partial charge in [0.05, 0.1) is 4.47 Å². The van der Waals surface area contributed by atoms with E-state index in [2.05, 4.69) is 28.2 Å². The Morgan fingerprint density at radius 3 is 2.50 bits per heavy atom. The van der Waals surface area contributed by atoms with Gasteiger partial charge in [0, 0.05) is 11.6 Å². The summed E-state index contributed by atoms with van der Waals surface area (Å²) in [6.07, 6.45) is 1.36. The highest BCUT2D eigenvalue weighted by Crippen LogP contribution is 2.25. The second kappa shape index (κ2) is 7.19. The summed E-state index contributed by atoms with van der Waals surface area (Å²) in [5, 5.41) is 3.35. The molecule has 0 aliphatic heterocycles. The van der Waals surface area contributed by atoms with Gasteiger partial charge in [-0.2, -0.15) is 0 Å². The molecule has 2 atom stereocenters. The fourth-order valence-corrected chi connectivity index (χ4v) is 2.60. The number of hydrogen-bond donors (Lipinski definition) is 1. The van der Waals surface area contributed by atoms with Crippen LogP contribution in [-0.4, -0.2) is 12.6 Å². The summed E-state index contributed by atoms with van der Waals surface area (Å²) in [6.45, 7) is 7.01. The highest BCUT2D eigenvalue weighted by atomic mass is 79.9. The van der Waals surface area contributed by atoms with Gasteiger partial charge in [-0.3, -0.25) is 0 Å². The molecule has 1 N–H and O–H groups in total. The summed E-state index contributed by atoms with van der Waals surface area (Å²) in [7, 11) is 0. The van der Waals surface area contributed by atoms with Gasteiger partial charge in [-0.15, -0.1) is 0 Å². The lowest BCUT2D eigenvalue weighted by Crippen LogP contribution is -2.35. The molecular weight excluding hydrogens is 300 g/mol. The van der Waals surface area contributed by atoms with Crippen LogP contribution in [0.25, 0.3) is 0 Å². The van der Waals surface area contributed by atoms with E-state index in [9.17, 15) is 8.78 Å². The van der Waals surface area contributed by atoms with Crippen LogP contribution in [0.5, 0.6) is 0 Å². The maximum atomic E-state index is 13.9. The van der Waals surface area contributed by atoms with Crippen LogP contribution >= 0.6 is 15.9 Å². The van der Waals surface area contributed by atoms with Crippen molar-refractivity contribution < 1.29 is 8.78 Å². The van der Waals surface area contributed by atoms with E-state index < -0.39 is 11.6 Å². The Labute approximate surface area is 116 Å². The van der Waals surface area contributed by atoms with Crippen LogP contribution in [0.15, 0.2) is 16.6 Å². The standard InChI is InChI=1S/C14H20BrF2N/c1-4-13(18-5-2)9(3)8-10-12(16)7-6-11(15)14(10)17/h6-7,9,13,18H,4-5,8H2,1-3H3. The van der Waals surface area contributed by atoms with E-state index in [4.69, 9.17) is 0 Å². The Morgan fingerprint density at radius 1 is 1.28 bits per heavy atom. The molecule has 0 aliphatic carbocycles. The van der Waals surface area contributed by atoms with E-state index >= 15 is 0 Å². The summed E-state index contributed by atoms with van der Waals surface area (Å²) in [5.41, 5.74) is 0.174. The first kappa shape index (κ1) is 15.6. The average Bonchev–Trinajstić information content (AvgIpc) is 2.36. The first-order valence-corrected chi connectivity index (χ1v) is 7.16. The minimum atomic E-state index is -0.479. The van der Waals surface area contributed by atoms with Gasteiger partial charge >= 0.3 is 0 Å². The highest BCUT2D eigenvalue weighted by molar-refractivity contribution is 9.10. The Bertz CT molecular complexity index is 396. The summed E-state index contributed by atoms with van der Waals surface area (Å²) in [4.78, 5) is 0. The summed E-state index contributed by atoms with van der Waals surface area (Å²) >= 11 is 3.10. The van der Waals surface area contributed by atoms with Crippen LogP contribution in [0.1, 0.15) is 32.8 Å². The van der Waals surface area contributed by atoms with Crippen LogP contribution < -0.4 is 5.32 Å². The second-order valence-electron chi connectivity index (χ2n) is 4.58. The topological polar surface area (TPSA) is 12.0 Å². The van der Waals surface area contributed by atoms with Crippen molar-refractivity contribution in [1.29, 1.82) is 0 Å². The number of hydrogen-bond acceptors (Lipinski definition) is 1. The first-order valence-electron chi connectivity index (χ1n) is 6.36. The van der Waals surface area contributed by atoms with Crippen molar-refractivity contribution in [3.05, 3.63) is 33.8 Å². The van der Waals surface area contributed by atoms with Crippen molar-refractivity contribution in [3.8, 4) is 0 Å². The molecule has 1 aromatic rings. The zero-order valence-corrected chi connectivity index (χ0v) is 12.7. The molecule has 0 saturated carbocycles. The summed E-state index contributed by atoms with van der Waals surface area (Å²) in [5.74, 6) is -0.754. The quantitative estimate of drug-likeness (QED) is 0.771. The van der Waals surface area contributed by atoms with Crippen LogP contribution in [-0.2, 0) is 6.42 Å². The number of halogens is 3. The molecule has 0 spiro atoms. The third-order valence-corrected chi connectivity index (χ3v) is 3.87. The van der Waals surface area contributed by atoms with E-state index in [0.29, 0.717) is 10.9 Å². The van der Waals surface area contributed by atoms with Gasteiger partial charge in [0.25, 0.3) is 0 Å². The molecular formula is C14H20BrF2N. The lowest BCUT2D eigenvalue weighted by molar-refractivity contribution is 0.362. The Hall–Kier alpha value is -0.480. The molecule has 0 heterocycles. The molecule has 0 fully saturated rings. The largest absolute Gasteiger partial charge is 0.314 e. The Kier molecular flexibility index (Phi) is 6.22. The molecule has 0 saturated heterocycles. The zero-order valence-electron chi connectivity index (χ0n) is 11.1. The van der Waals surface area contributed by atoms with Gasteiger partial charge in [0.2, 0.25) is 0 Å². The summed E-state index contributed by atoms with van der Waals surface area (Å²) in [6, 6.07) is 3.00. The van der Waals surface area contributed by atoms with Crippen molar-refractivity contribution in [2.45, 2.75) is 39.7 Å². The van der Waals surface area contributed by atoms with Crippen molar-refractivity contribution in [1.82, 2.24) is 5.32 Å². The molecule has 102 valence electrons. The summed E-state index contributed by atoms with van der Waals surface area (Å²) < 4.78 is 27.9. The van der Waals surface area contributed by atoms with Gasteiger partial charge in [-0.25, -0.2) is 8.78 Å². The maximum absolute atomic E-state index is 13.9. The Balaban J connectivity index is 2.87. The zero-order chi connectivity index (χ0) is 13.7. The van der Waals surface area contributed by atoms with Crippen molar-refractivity contribution in [2.75, 3.05) is 6.54 Å². The molecule has 0 aromatic heterocycles. The molecule has 0 aliphatic rings. The van der Waals surface area contributed by atoms with Gasteiger partial charge in [0.1, 0.15) is 11.6 Å². The SMILES string of the molecule is CCNC(CC)C(C)Cc1c(F)ccc(Br)c1F. The number of rotatable bonds is 6. The van der Waals surface area contributed by atoms with Crippen LogP contribution in [0.3, 0.4) is 0 Å². The van der Waals surface area contributed by atoms with Crippen LogP contribution in [0.2, 0.25) is 0 Å². The van der Waals surface area contributed by atoms with Gasteiger partial charge in [-0.1, -0.05) is 20.8 Å². The molecule has 18 heavy (non-hydrogen) atoms. The molecule has 0 amide bonds. The molecule has 4 heteroatoms. The predicted octanol–water partition coefficient (Wildman–Crippen LogP) is 4.29. The van der Waals surface area contributed by atoms with Gasteiger partial charge < -0.3 is 5.32 Å². The van der Waals surface area contributed by atoms with E-state index in [1.807, 2.05) is 13.8 Å². The Morgan fingerprint density at radius 2 is 1.94 bits per heavy atom. The minimum Gasteiger partial charge on any atom is -0.314 e. The average molecular weight is 320 g/mol. The molecule has 1 nitrogen and oxygen atoms in total. The lowest BCUT2D eigenvalue weighted by Gasteiger charge is -2.24. The third-order valence-electron chi connectivity index (χ3n) is 3.26.